The predicted octanol–water partition coefficient (Wildman–Crippen LogP) is 3.05. The van der Waals surface area contributed by atoms with Gasteiger partial charge >= 0.3 is 6.03 Å². The first-order valence-electron chi connectivity index (χ1n) is 8.39. The second-order valence-corrected chi connectivity index (χ2v) is 6.98. The van der Waals surface area contributed by atoms with E-state index in [2.05, 4.69) is 41.8 Å². The zero-order chi connectivity index (χ0) is 15.6. The number of hydrogen-bond donors (Lipinski definition) is 3. The number of aryl methyl sites for hydroxylation is 1. The van der Waals surface area contributed by atoms with Gasteiger partial charge in [0.25, 0.3) is 0 Å². The second kappa shape index (κ2) is 6.29. The quantitative estimate of drug-likeness (QED) is 0.783. The van der Waals surface area contributed by atoms with Crippen LogP contribution in [0.2, 0.25) is 0 Å². The molecule has 1 unspecified atom stereocenters. The summed E-state index contributed by atoms with van der Waals surface area (Å²) in [7, 11) is 0. The molecule has 2 amide bonds. The number of rotatable bonds is 5. The van der Waals surface area contributed by atoms with Crippen LogP contribution in [-0.4, -0.2) is 23.3 Å². The lowest BCUT2D eigenvalue weighted by molar-refractivity contribution is 0.0500. The molecule has 2 aliphatic carbocycles. The van der Waals surface area contributed by atoms with Crippen molar-refractivity contribution in [3.8, 4) is 0 Å². The molecular weight excluding hydrogens is 276 g/mol. The summed E-state index contributed by atoms with van der Waals surface area (Å²) in [6.45, 7) is 2.42. The van der Waals surface area contributed by atoms with E-state index in [1.165, 1.54) is 24.0 Å². The average Bonchev–Trinajstić information content (AvgIpc) is 3.26. The molecule has 2 fully saturated rings. The SMILES string of the molecule is Cc1ccc(C(NC(=O)NCC2(O)CCCC2)C2CC2)cc1. The Hall–Kier alpha value is -1.55. The maximum Gasteiger partial charge on any atom is 0.315 e. The highest BCUT2D eigenvalue weighted by Crippen LogP contribution is 2.41. The Morgan fingerprint density at radius 1 is 1.27 bits per heavy atom. The predicted molar refractivity (Wildman–Crippen MR) is 86.6 cm³/mol. The minimum Gasteiger partial charge on any atom is -0.388 e. The van der Waals surface area contributed by atoms with Crippen molar-refractivity contribution < 1.29 is 9.90 Å². The Labute approximate surface area is 132 Å². The molecule has 0 saturated heterocycles. The molecule has 0 radical (unpaired) electrons. The Balaban J connectivity index is 1.56. The molecule has 0 aromatic heterocycles. The van der Waals surface area contributed by atoms with E-state index >= 15 is 0 Å². The highest BCUT2D eigenvalue weighted by molar-refractivity contribution is 5.74. The van der Waals surface area contributed by atoms with Crippen molar-refractivity contribution in [2.75, 3.05) is 6.54 Å². The fraction of sp³-hybridized carbons (Fsp3) is 0.611. The number of nitrogens with one attached hydrogen (secondary N) is 2. The number of hydrogen-bond acceptors (Lipinski definition) is 2. The molecule has 3 N–H and O–H groups in total. The Morgan fingerprint density at radius 2 is 1.91 bits per heavy atom. The van der Waals surface area contributed by atoms with Gasteiger partial charge in [-0.05, 0) is 44.1 Å². The van der Waals surface area contributed by atoms with E-state index in [4.69, 9.17) is 0 Å². The first-order valence-corrected chi connectivity index (χ1v) is 8.39. The van der Waals surface area contributed by atoms with Gasteiger partial charge in [-0.3, -0.25) is 0 Å². The fourth-order valence-electron chi connectivity index (χ4n) is 3.32. The Morgan fingerprint density at radius 3 is 2.50 bits per heavy atom. The molecule has 1 aromatic carbocycles. The van der Waals surface area contributed by atoms with Gasteiger partial charge < -0.3 is 15.7 Å². The normalized spacial score (nSPS) is 21.4. The summed E-state index contributed by atoms with van der Waals surface area (Å²) in [5.74, 6) is 0.544. The van der Waals surface area contributed by atoms with Crippen molar-refractivity contribution in [1.29, 1.82) is 0 Å². The standard InChI is InChI=1S/C18H26N2O2/c1-13-4-6-14(7-5-13)16(15-8-9-15)20-17(21)19-12-18(22)10-2-3-11-18/h4-7,15-16,22H,2-3,8-12H2,1H3,(H2,19,20,21). The summed E-state index contributed by atoms with van der Waals surface area (Å²) in [6, 6.07) is 8.29. The largest absolute Gasteiger partial charge is 0.388 e. The molecule has 0 bridgehead atoms. The summed E-state index contributed by atoms with van der Waals surface area (Å²) < 4.78 is 0. The van der Waals surface area contributed by atoms with Crippen molar-refractivity contribution in [1.82, 2.24) is 10.6 Å². The van der Waals surface area contributed by atoms with Crippen LogP contribution in [0.5, 0.6) is 0 Å². The first kappa shape index (κ1) is 15.3. The molecule has 120 valence electrons. The second-order valence-electron chi connectivity index (χ2n) is 6.98. The summed E-state index contributed by atoms with van der Waals surface area (Å²) in [6.07, 6.45) is 6.02. The third kappa shape index (κ3) is 3.80. The van der Waals surface area contributed by atoms with Crippen LogP contribution in [0.25, 0.3) is 0 Å². The molecule has 4 nitrogen and oxygen atoms in total. The molecule has 4 heteroatoms. The molecule has 2 saturated carbocycles. The number of amides is 2. The summed E-state index contributed by atoms with van der Waals surface area (Å²) in [5, 5.41) is 16.3. The maximum absolute atomic E-state index is 12.2. The van der Waals surface area contributed by atoms with Crippen molar-refractivity contribution in [2.45, 2.75) is 57.1 Å². The van der Waals surface area contributed by atoms with Crippen LogP contribution in [0.1, 0.15) is 55.7 Å². The van der Waals surface area contributed by atoms with Gasteiger partial charge in [-0.2, -0.15) is 0 Å². The van der Waals surface area contributed by atoms with Crippen LogP contribution in [0.3, 0.4) is 0 Å². The van der Waals surface area contributed by atoms with Crippen LogP contribution in [0.15, 0.2) is 24.3 Å². The van der Waals surface area contributed by atoms with Gasteiger partial charge in [-0.25, -0.2) is 4.79 Å². The van der Waals surface area contributed by atoms with E-state index in [1.54, 1.807) is 0 Å². The van der Waals surface area contributed by atoms with Crippen LogP contribution in [0.4, 0.5) is 4.79 Å². The van der Waals surface area contributed by atoms with Gasteiger partial charge in [0.05, 0.1) is 11.6 Å². The molecule has 0 heterocycles. The number of benzene rings is 1. The number of carbonyl (C=O) groups excluding carboxylic acids is 1. The topological polar surface area (TPSA) is 61.4 Å². The van der Waals surface area contributed by atoms with E-state index in [-0.39, 0.29) is 12.1 Å². The van der Waals surface area contributed by atoms with Gasteiger partial charge in [-0.1, -0.05) is 42.7 Å². The average molecular weight is 302 g/mol. The molecule has 2 aliphatic rings. The van der Waals surface area contributed by atoms with Crippen LogP contribution >= 0.6 is 0 Å². The monoisotopic (exact) mass is 302 g/mol. The number of carbonyl (C=O) groups is 1. The third-order valence-corrected chi connectivity index (χ3v) is 4.93. The summed E-state index contributed by atoms with van der Waals surface area (Å²) in [5.41, 5.74) is 1.70. The van der Waals surface area contributed by atoms with Gasteiger partial charge in [-0.15, -0.1) is 0 Å². The van der Waals surface area contributed by atoms with Crippen molar-refractivity contribution in [3.05, 3.63) is 35.4 Å². The van der Waals surface area contributed by atoms with E-state index in [9.17, 15) is 9.90 Å². The molecular formula is C18H26N2O2. The van der Waals surface area contributed by atoms with E-state index in [0.29, 0.717) is 12.5 Å². The lowest BCUT2D eigenvalue weighted by atomic mass is 10.0. The lowest BCUT2D eigenvalue weighted by Gasteiger charge is -2.24. The van der Waals surface area contributed by atoms with Crippen molar-refractivity contribution in [2.24, 2.45) is 5.92 Å². The van der Waals surface area contributed by atoms with Gasteiger partial charge in [0.15, 0.2) is 0 Å². The van der Waals surface area contributed by atoms with Gasteiger partial charge in [0.1, 0.15) is 0 Å². The highest BCUT2D eigenvalue weighted by Gasteiger charge is 2.35. The number of urea groups is 1. The van der Waals surface area contributed by atoms with Crippen LogP contribution < -0.4 is 10.6 Å². The highest BCUT2D eigenvalue weighted by atomic mass is 16.3. The number of aliphatic hydroxyl groups is 1. The third-order valence-electron chi connectivity index (χ3n) is 4.93. The molecule has 0 aliphatic heterocycles. The summed E-state index contributed by atoms with van der Waals surface area (Å²) >= 11 is 0. The van der Waals surface area contributed by atoms with Gasteiger partial charge in [0, 0.05) is 6.54 Å². The van der Waals surface area contributed by atoms with Crippen molar-refractivity contribution >= 4 is 6.03 Å². The van der Waals surface area contributed by atoms with Crippen LogP contribution in [-0.2, 0) is 0 Å². The Kier molecular flexibility index (Phi) is 4.39. The minimum absolute atomic E-state index is 0.0822. The zero-order valence-corrected chi connectivity index (χ0v) is 13.3. The first-order chi connectivity index (χ1) is 10.6. The maximum atomic E-state index is 12.2. The van der Waals surface area contributed by atoms with E-state index in [0.717, 1.165) is 25.7 Å². The molecule has 1 atom stereocenters. The molecule has 1 aromatic rings. The molecule has 22 heavy (non-hydrogen) atoms. The van der Waals surface area contributed by atoms with Crippen LogP contribution in [0, 0.1) is 12.8 Å². The molecule has 3 rings (SSSR count). The fourth-order valence-corrected chi connectivity index (χ4v) is 3.32. The van der Waals surface area contributed by atoms with Gasteiger partial charge in [0.2, 0.25) is 0 Å². The minimum atomic E-state index is -0.698. The molecule has 0 spiro atoms. The zero-order valence-electron chi connectivity index (χ0n) is 13.3. The van der Waals surface area contributed by atoms with Crippen molar-refractivity contribution in [3.63, 3.8) is 0 Å². The Bertz CT molecular complexity index is 516. The lowest BCUT2D eigenvalue weighted by Crippen LogP contribution is -2.46. The summed E-state index contributed by atoms with van der Waals surface area (Å²) in [4.78, 5) is 12.2. The van der Waals surface area contributed by atoms with E-state index < -0.39 is 5.60 Å². The smallest absolute Gasteiger partial charge is 0.315 e. The van der Waals surface area contributed by atoms with E-state index in [1.807, 2.05) is 0 Å².